The molecule has 9 nitrogen and oxygen atoms in total. The predicted molar refractivity (Wildman–Crippen MR) is 274 cm³/mol. The van der Waals surface area contributed by atoms with E-state index in [1.165, 1.54) is 167 Å². The molecule has 0 radical (unpaired) electrons. The quantitative estimate of drug-likeness (QED) is 0.0370. The Balaban J connectivity index is 2.58. The molecule has 1 N–H and O–H groups in total. The van der Waals surface area contributed by atoms with E-state index in [1.54, 1.807) is 0 Å². The first-order valence-electron chi connectivity index (χ1n) is 28.0. The maximum Gasteiger partial charge on any atom is 0.306 e. The van der Waals surface area contributed by atoms with Gasteiger partial charge >= 0.3 is 5.97 Å². The fourth-order valence-corrected chi connectivity index (χ4v) is 8.87. The summed E-state index contributed by atoms with van der Waals surface area (Å²) in [4.78, 5) is 48.4. The van der Waals surface area contributed by atoms with Crippen LogP contribution in [0.15, 0.2) is 12.2 Å². The Bertz CT molecular complexity index is 1080. The number of ether oxygens (including phenoxy) is 1. The first-order valence-corrected chi connectivity index (χ1v) is 28.0. The summed E-state index contributed by atoms with van der Waals surface area (Å²) < 4.78 is 5.40. The summed E-state index contributed by atoms with van der Waals surface area (Å²) >= 11 is 0. The van der Waals surface area contributed by atoms with Gasteiger partial charge in [-0.15, -0.1) is 0 Å². The maximum atomic E-state index is 13.7. The molecule has 0 bridgehead atoms. The Morgan fingerprint density at radius 2 is 0.812 bits per heavy atom. The van der Waals surface area contributed by atoms with Crippen LogP contribution >= 0.6 is 0 Å². The van der Waals surface area contributed by atoms with Gasteiger partial charge in [0.05, 0.1) is 13.1 Å². The fourth-order valence-electron chi connectivity index (χ4n) is 8.87. The van der Waals surface area contributed by atoms with Crippen LogP contribution < -0.4 is 5.32 Å². The largest absolute Gasteiger partial charge is 0.461 e. The maximum absolute atomic E-state index is 13.7. The molecule has 64 heavy (non-hydrogen) atoms. The number of hydrogen-bond donors (Lipinski definition) is 1. The third-order valence-electron chi connectivity index (χ3n) is 13.3. The molecule has 1 aliphatic heterocycles. The van der Waals surface area contributed by atoms with E-state index < -0.39 is 0 Å². The van der Waals surface area contributed by atoms with Gasteiger partial charge in [0.1, 0.15) is 6.61 Å². The van der Waals surface area contributed by atoms with Crippen molar-refractivity contribution < 1.29 is 19.1 Å². The third-order valence-corrected chi connectivity index (χ3v) is 13.3. The molecule has 0 saturated carbocycles. The van der Waals surface area contributed by atoms with Gasteiger partial charge in [0.2, 0.25) is 11.8 Å². The van der Waals surface area contributed by atoms with E-state index in [1.807, 2.05) is 15.9 Å². The van der Waals surface area contributed by atoms with Crippen LogP contribution in [-0.2, 0) is 19.1 Å². The molecule has 376 valence electrons. The molecule has 2 amide bonds. The second kappa shape index (κ2) is 46.2. The van der Waals surface area contributed by atoms with Crippen molar-refractivity contribution in [2.75, 3.05) is 85.1 Å². The van der Waals surface area contributed by atoms with Crippen LogP contribution in [0.1, 0.15) is 240 Å². The Kier molecular flexibility index (Phi) is 43.3. The molecule has 1 aliphatic rings. The fraction of sp³-hybridized carbons (Fsp3) is 0.909. The lowest BCUT2D eigenvalue weighted by Crippen LogP contribution is -2.54. The van der Waals surface area contributed by atoms with Gasteiger partial charge in [-0.3, -0.25) is 24.2 Å². The van der Waals surface area contributed by atoms with Crippen LogP contribution in [0.2, 0.25) is 0 Å². The van der Waals surface area contributed by atoms with E-state index in [4.69, 9.17) is 4.74 Å². The summed E-state index contributed by atoms with van der Waals surface area (Å²) in [5.41, 5.74) is 0. The van der Waals surface area contributed by atoms with Crippen molar-refractivity contribution in [2.45, 2.75) is 240 Å². The molecule has 0 aromatic carbocycles. The zero-order chi connectivity index (χ0) is 46.4. The number of piperazine rings is 1. The van der Waals surface area contributed by atoms with Gasteiger partial charge in [-0.1, -0.05) is 207 Å². The van der Waals surface area contributed by atoms with Crippen molar-refractivity contribution in [1.82, 2.24) is 24.9 Å². The first kappa shape index (κ1) is 60.0. The lowest BCUT2D eigenvalue weighted by Gasteiger charge is -2.37. The van der Waals surface area contributed by atoms with E-state index in [9.17, 15) is 14.4 Å². The number of amides is 2. The van der Waals surface area contributed by atoms with Gasteiger partial charge in [0.25, 0.3) is 0 Å². The predicted octanol–water partition coefficient (Wildman–Crippen LogP) is 12.9. The number of esters is 1. The summed E-state index contributed by atoms with van der Waals surface area (Å²) in [5.74, 6) is 0.283. The number of hydrogen-bond acceptors (Lipinski definition) is 7. The minimum Gasteiger partial charge on any atom is -0.461 e. The minimum absolute atomic E-state index is 0.117. The SMILES string of the molecule is CCCC/C=C\COC(=O)CCCCCN(CCCCCCCCCCCCCC)CC(=O)N1CCN(C(=O)CN(CCCCCCCCC)CCNCCCCCCCCC)CC1. The van der Waals surface area contributed by atoms with E-state index in [0.717, 1.165) is 77.8 Å². The monoisotopic (exact) mass is 902 g/mol. The summed E-state index contributed by atoms with van der Waals surface area (Å²) in [6.45, 7) is 18.5. The Labute approximate surface area is 397 Å². The van der Waals surface area contributed by atoms with Crippen LogP contribution in [0, 0.1) is 0 Å². The highest BCUT2D eigenvalue weighted by molar-refractivity contribution is 5.80. The lowest BCUT2D eigenvalue weighted by molar-refractivity contribution is -0.142. The zero-order valence-corrected chi connectivity index (χ0v) is 43.1. The van der Waals surface area contributed by atoms with Gasteiger partial charge < -0.3 is 19.9 Å². The van der Waals surface area contributed by atoms with E-state index in [-0.39, 0.29) is 17.8 Å². The number of unbranched alkanes of at least 4 members (excludes halogenated alkanes) is 27. The second-order valence-electron chi connectivity index (χ2n) is 19.3. The molecule has 0 aliphatic carbocycles. The van der Waals surface area contributed by atoms with Crippen molar-refractivity contribution in [1.29, 1.82) is 0 Å². The average Bonchev–Trinajstić information content (AvgIpc) is 3.30. The number of nitrogens with one attached hydrogen (secondary N) is 1. The number of nitrogens with zero attached hydrogens (tertiary/aromatic N) is 4. The molecule has 0 spiro atoms. The van der Waals surface area contributed by atoms with Gasteiger partial charge in [0, 0.05) is 45.7 Å². The third kappa shape index (κ3) is 37.2. The highest BCUT2D eigenvalue weighted by atomic mass is 16.5. The summed E-state index contributed by atoms with van der Waals surface area (Å²) in [7, 11) is 0. The lowest BCUT2D eigenvalue weighted by atomic mass is 10.1. The molecule has 1 saturated heterocycles. The Hall–Kier alpha value is -1.97. The van der Waals surface area contributed by atoms with Gasteiger partial charge in [0.15, 0.2) is 0 Å². The summed E-state index contributed by atoms with van der Waals surface area (Å²) in [5, 5.41) is 3.66. The molecular weight excluding hydrogens is 795 g/mol. The molecule has 0 unspecified atom stereocenters. The van der Waals surface area contributed by atoms with Gasteiger partial charge in [-0.25, -0.2) is 0 Å². The van der Waals surface area contributed by atoms with Crippen molar-refractivity contribution in [2.24, 2.45) is 0 Å². The number of carbonyl (C=O) groups is 3. The summed E-state index contributed by atoms with van der Waals surface area (Å²) in [6, 6.07) is 0. The zero-order valence-electron chi connectivity index (χ0n) is 43.1. The number of rotatable bonds is 47. The minimum atomic E-state index is -0.117. The standard InChI is InChI=1S/C55H107N5O4/c1-5-9-13-17-20-21-22-23-24-27-30-35-42-57(43-37-32-33-39-55(63)64-50-38-31-16-12-8-4)51-53(61)59-46-48-60(49-47-59)54(62)52-58(44-36-29-26-19-15-11-7-3)45-41-56-40-34-28-25-18-14-10-6-2/h31,38,56H,5-30,32-37,39-52H2,1-4H3/b38-31-. The normalized spacial score (nSPS) is 13.3. The average molecular weight is 902 g/mol. The molecule has 1 rings (SSSR count). The molecule has 1 heterocycles. The van der Waals surface area contributed by atoms with Gasteiger partial charge in [-0.05, 0) is 64.7 Å². The molecule has 0 aromatic rings. The topological polar surface area (TPSA) is 85.4 Å². The molecule has 9 heteroatoms. The van der Waals surface area contributed by atoms with Crippen molar-refractivity contribution in [3.05, 3.63) is 12.2 Å². The van der Waals surface area contributed by atoms with Crippen LogP contribution in [0.5, 0.6) is 0 Å². The van der Waals surface area contributed by atoms with Crippen LogP contribution in [-0.4, -0.2) is 123 Å². The number of allylic oxidation sites excluding steroid dienone is 1. The van der Waals surface area contributed by atoms with E-state index in [0.29, 0.717) is 52.3 Å². The van der Waals surface area contributed by atoms with Crippen molar-refractivity contribution >= 4 is 17.8 Å². The molecule has 0 atom stereocenters. The smallest absolute Gasteiger partial charge is 0.306 e. The molecular formula is C55H107N5O4. The Morgan fingerprint density at radius 1 is 0.438 bits per heavy atom. The van der Waals surface area contributed by atoms with Crippen LogP contribution in [0.25, 0.3) is 0 Å². The van der Waals surface area contributed by atoms with Crippen LogP contribution in [0.3, 0.4) is 0 Å². The van der Waals surface area contributed by atoms with E-state index >= 15 is 0 Å². The highest BCUT2D eigenvalue weighted by Crippen LogP contribution is 2.14. The van der Waals surface area contributed by atoms with Gasteiger partial charge in [-0.2, -0.15) is 0 Å². The number of carbonyl (C=O) groups excluding carboxylic acids is 3. The second-order valence-corrected chi connectivity index (χ2v) is 19.3. The van der Waals surface area contributed by atoms with Crippen LogP contribution in [0.4, 0.5) is 0 Å². The molecule has 1 fully saturated rings. The first-order chi connectivity index (χ1) is 31.4. The highest BCUT2D eigenvalue weighted by Gasteiger charge is 2.26. The van der Waals surface area contributed by atoms with Crippen molar-refractivity contribution in [3.63, 3.8) is 0 Å². The Morgan fingerprint density at radius 3 is 1.25 bits per heavy atom. The van der Waals surface area contributed by atoms with Crippen molar-refractivity contribution in [3.8, 4) is 0 Å². The molecule has 0 aromatic heterocycles. The van der Waals surface area contributed by atoms with E-state index in [2.05, 4.69) is 48.9 Å². The summed E-state index contributed by atoms with van der Waals surface area (Å²) in [6.07, 6.45) is 44.8.